The molecule has 300 valence electrons. The molecule has 0 unspecified atom stereocenters. The van der Waals surface area contributed by atoms with Gasteiger partial charge in [0.1, 0.15) is 30.2 Å². The molecule has 2 aromatic carbocycles. The van der Waals surface area contributed by atoms with E-state index in [0.717, 1.165) is 24.8 Å². The van der Waals surface area contributed by atoms with Crippen LogP contribution in [-0.2, 0) is 41.6 Å². The Kier molecular flexibility index (Phi) is 15.7. The van der Waals surface area contributed by atoms with Gasteiger partial charge in [-0.05, 0) is 68.2 Å². The minimum Gasteiger partial charge on any atom is -0.342 e. The van der Waals surface area contributed by atoms with Crippen molar-refractivity contribution in [2.45, 2.75) is 109 Å². The summed E-state index contributed by atoms with van der Waals surface area (Å²) in [4.78, 5) is 90.7. The van der Waals surface area contributed by atoms with Crippen molar-refractivity contribution in [1.82, 2.24) is 29.8 Å². The number of likely N-dealkylation sites (tertiary alicyclic amines) is 2. The van der Waals surface area contributed by atoms with E-state index in [9.17, 15) is 28.8 Å². The minimum absolute atomic E-state index is 0.0830. The molecule has 6 amide bonds. The highest BCUT2D eigenvalue weighted by Crippen LogP contribution is 2.23. The van der Waals surface area contributed by atoms with Crippen LogP contribution < -0.4 is 5.32 Å². The van der Waals surface area contributed by atoms with Crippen LogP contribution in [0.3, 0.4) is 0 Å². The highest BCUT2D eigenvalue weighted by Gasteiger charge is 2.41. The molecule has 2 fully saturated rings. The van der Waals surface area contributed by atoms with E-state index in [1.807, 2.05) is 55.1 Å². The SMILES string of the molecule is CC[C@H](C)[C@H](NC(=O)[C@H](Cc1ccccc1)N(C)C(=O)[C@H](Cc1cccc(Cl)c1)N(C)C(=O)[C@H](C)N(C)C(=O)[C@@H]1CCCN1C(C)=O)C(=O)N1CCCCC1. The summed E-state index contributed by atoms with van der Waals surface area (Å²) in [6.45, 7) is 8.74. The number of piperidine rings is 1. The van der Waals surface area contributed by atoms with Crippen LogP contribution in [0.15, 0.2) is 54.6 Å². The number of likely N-dealkylation sites (N-methyl/N-ethyl adjacent to an activating group) is 3. The second-order valence-corrected chi connectivity index (χ2v) is 15.6. The lowest BCUT2D eigenvalue weighted by atomic mass is 9.95. The van der Waals surface area contributed by atoms with Gasteiger partial charge in [-0.3, -0.25) is 28.8 Å². The van der Waals surface area contributed by atoms with Gasteiger partial charge in [-0.25, -0.2) is 0 Å². The van der Waals surface area contributed by atoms with Crippen molar-refractivity contribution in [3.05, 3.63) is 70.7 Å². The molecule has 0 spiro atoms. The summed E-state index contributed by atoms with van der Waals surface area (Å²) in [6.07, 6.45) is 5.02. The third-order valence-electron chi connectivity index (χ3n) is 11.5. The highest BCUT2D eigenvalue weighted by molar-refractivity contribution is 6.30. The van der Waals surface area contributed by atoms with Crippen molar-refractivity contribution in [3.63, 3.8) is 0 Å². The quantitative estimate of drug-likeness (QED) is 0.289. The second-order valence-electron chi connectivity index (χ2n) is 15.2. The number of nitrogens with one attached hydrogen (secondary N) is 1. The van der Waals surface area contributed by atoms with Crippen LogP contribution in [0.5, 0.6) is 0 Å². The zero-order valence-corrected chi connectivity index (χ0v) is 34.3. The molecule has 13 heteroatoms. The van der Waals surface area contributed by atoms with Crippen LogP contribution in [0.1, 0.15) is 77.3 Å². The first-order chi connectivity index (χ1) is 26.2. The summed E-state index contributed by atoms with van der Waals surface area (Å²) in [5.41, 5.74) is 1.52. The van der Waals surface area contributed by atoms with Crippen LogP contribution in [0.4, 0.5) is 0 Å². The molecule has 2 aliphatic heterocycles. The molecule has 55 heavy (non-hydrogen) atoms. The van der Waals surface area contributed by atoms with Gasteiger partial charge in [0.15, 0.2) is 0 Å². The van der Waals surface area contributed by atoms with E-state index in [0.29, 0.717) is 49.5 Å². The molecule has 2 heterocycles. The summed E-state index contributed by atoms with van der Waals surface area (Å²) < 4.78 is 0. The van der Waals surface area contributed by atoms with E-state index in [1.165, 1.54) is 40.6 Å². The first kappa shape index (κ1) is 43.3. The van der Waals surface area contributed by atoms with Crippen LogP contribution in [0.25, 0.3) is 0 Å². The molecule has 0 aromatic heterocycles. The maximum atomic E-state index is 14.8. The summed E-state index contributed by atoms with van der Waals surface area (Å²) in [7, 11) is 4.62. The Morgan fingerprint density at radius 2 is 1.40 bits per heavy atom. The number of carbonyl (C=O) groups is 6. The van der Waals surface area contributed by atoms with Gasteiger partial charge < -0.3 is 29.8 Å². The smallest absolute Gasteiger partial charge is 0.246 e. The Bertz CT molecular complexity index is 1670. The molecule has 4 rings (SSSR count). The van der Waals surface area contributed by atoms with Crippen molar-refractivity contribution < 1.29 is 28.8 Å². The van der Waals surface area contributed by atoms with E-state index < -0.39 is 47.9 Å². The van der Waals surface area contributed by atoms with Gasteiger partial charge in [0.25, 0.3) is 0 Å². The number of nitrogens with zero attached hydrogens (tertiary/aromatic N) is 5. The van der Waals surface area contributed by atoms with Crippen LogP contribution in [-0.4, -0.2) is 131 Å². The Hall–Kier alpha value is -4.45. The predicted octanol–water partition coefficient (Wildman–Crippen LogP) is 4.18. The number of hydrogen-bond acceptors (Lipinski definition) is 6. The first-order valence-electron chi connectivity index (χ1n) is 19.6. The number of hydrogen-bond donors (Lipinski definition) is 1. The largest absolute Gasteiger partial charge is 0.342 e. The molecule has 0 bridgehead atoms. The van der Waals surface area contributed by atoms with Gasteiger partial charge in [-0.1, -0.05) is 74.3 Å². The predicted molar refractivity (Wildman–Crippen MR) is 213 cm³/mol. The molecular weight excluding hydrogens is 720 g/mol. The molecule has 1 N–H and O–H groups in total. The third-order valence-corrected chi connectivity index (χ3v) is 11.7. The van der Waals surface area contributed by atoms with Gasteiger partial charge in [0, 0.05) is 65.6 Å². The summed E-state index contributed by atoms with van der Waals surface area (Å²) >= 11 is 6.35. The van der Waals surface area contributed by atoms with Crippen molar-refractivity contribution in [2.75, 3.05) is 40.8 Å². The number of rotatable bonds is 15. The fourth-order valence-electron chi connectivity index (χ4n) is 7.59. The van der Waals surface area contributed by atoms with E-state index in [1.54, 1.807) is 32.2 Å². The Morgan fingerprint density at radius 1 is 0.782 bits per heavy atom. The lowest BCUT2D eigenvalue weighted by molar-refractivity contribution is -0.153. The molecule has 2 saturated heterocycles. The van der Waals surface area contributed by atoms with Gasteiger partial charge in [0.2, 0.25) is 35.4 Å². The molecule has 12 nitrogen and oxygen atoms in total. The summed E-state index contributed by atoms with van der Waals surface area (Å²) in [6, 6.07) is 11.9. The van der Waals surface area contributed by atoms with Crippen LogP contribution in [0.2, 0.25) is 5.02 Å². The Morgan fingerprint density at radius 3 is 2.02 bits per heavy atom. The lowest BCUT2D eigenvalue weighted by Gasteiger charge is -2.38. The van der Waals surface area contributed by atoms with E-state index >= 15 is 0 Å². The first-order valence-corrected chi connectivity index (χ1v) is 20.0. The average Bonchev–Trinajstić information content (AvgIpc) is 3.70. The average molecular weight is 779 g/mol. The van der Waals surface area contributed by atoms with Gasteiger partial charge in [0.05, 0.1) is 0 Å². The topological polar surface area (TPSA) is 131 Å². The third kappa shape index (κ3) is 10.9. The normalized spacial score (nSPS) is 18.4. The fraction of sp³-hybridized carbons (Fsp3) is 0.571. The molecular formula is C42H59ClN6O6. The van der Waals surface area contributed by atoms with E-state index in [4.69, 9.17) is 11.6 Å². The van der Waals surface area contributed by atoms with Crippen molar-refractivity contribution in [1.29, 1.82) is 0 Å². The molecule has 0 aliphatic carbocycles. The van der Waals surface area contributed by atoms with Crippen molar-refractivity contribution in [2.24, 2.45) is 5.92 Å². The minimum atomic E-state index is -1.09. The number of halogens is 1. The standard InChI is InChI=1S/C42H59ClN6O6/c1-8-28(2)37(42(55)48-22-13-10-14-23-48)44-38(51)35(26-31-17-11-9-12-18-31)46(6)41(54)36(27-32-19-15-20-33(43)25-32)47(7)39(52)29(3)45(5)40(53)34-21-16-24-49(34)30(4)50/h9,11-12,15,17-20,25,28-29,34-37H,8,10,13-14,16,21-24,26-27H2,1-7H3,(H,44,51)/t28-,29-,34-,35-,36-,37-/m0/s1. The highest BCUT2D eigenvalue weighted by atomic mass is 35.5. The monoisotopic (exact) mass is 778 g/mol. The maximum Gasteiger partial charge on any atom is 0.246 e. The van der Waals surface area contributed by atoms with E-state index in [-0.39, 0.29) is 36.5 Å². The lowest BCUT2D eigenvalue weighted by Crippen LogP contribution is -2.61. The summed E-state index contributed by atoms with van der Waals surface area (Å²) in [5.74, 6) is -2.24. The number of carbonyl (C=O) groups excluding carboxylic acids is 6. The summed E-state index contributed by atoms with van der Waals surface area (Å²) in [5, 5.41) is 3.52. The molecule has 0 saturated carbocycles. The van der Waals surface area contributed by atoms with Crippen molar-refractivity contribution >= 4 is 47.0 Å². The van der Waals surface area contributed by atoms with Gasteiger partial charge in [-0.2, -0.15) is 0 Å². The molecule has 6 atom stereocenters. The second kappa shape index (κ2) is 19.9. The van der Waals surface area contributed by atoms with Gasteiger partial charge in [-0.15, -0.1) is 0 Å². The molecule has 2 aromatic rings. The van der Waals surface area contributed by atoms with Crippen molar-refractivity contribution in [3.8, 4) is 0 Å². The number of amides is 6. The van der Waals surface area contributed by atoms with Gasteiger partial charge >= 0.3 is 0 Å². The maximum absolute atomic E-state index is 14.8. The number of benzene rings is 2. The van der Waals surface area contributed by atoms with Crippen LogP contribution in [0, 0.1) is 5.92 Å². The molecule has 2 aliphatic rings. The fourth-order valence-corrected chi connectivity index (χ4v) is 7.81. The zero-order chi connectivity index (χ0) is 40.4. The Labute approximate surface area is 331 Å². The Balaban J connectivity index is 1.66. The molecule has 0 radical (unpaired) electrons. The van der Waals surface area contributed by atoms with Crippen LogP contribution >= 0.6 is 11.6 Å². The van der Waals surface area contributed by atoms with E-state index in [2.05, 4.69) is 5.32 Å². The zero-order valence-electron chi connectivity index (χ0n) is 33.5.